The van der Waals surface area contributed by atoms with Gasteiger partial charge in [-0.2, -0.15) is 0 Å². The summed E-state index contributed by atoms with van der Waals surface area (Å²) in [6, 6.07) is 9.35. The predicted octanol–water partition coefficient (Wildman–Crippen LogP) is 0.793. The Bertz CT molecular complexity index is 379. The van der Waals surface area contributed by atoms with E-state index in [1.54, 1.807) is 0 Å². The van der Waals surface area contributed by atoms with Crippen LogP contribution in [0.5, 0.6) is 0 Å². The van der Waals surface area contributed by atoms with Crippen molar-refractivity contribution in [2.24, 2.45) is 0 Å². The quantitative estimate of drug-likeness (QED) is 0.722. The molecular weight excluding hydrogens is 218 g/mol. The average Bonchev–Trinajstić information content (AvgIpc) is 2.36. The van der Waals surface area contributed by atoms with Crippen LogP contribution in [0.2, 0.25) is 0 Å². The summed E-state index contributed by atoms with van der Waals surface area (Å²) in [5.41, 5.74) is 1.10. The number of benzene rings is 1. The fourth-order valence-electron chi connectivity index (χ4n) is 1.34. The number of urea groups is 1. The van der Waals surface area contributed by atoms with Crippen LogP contribution in [0.4, 0.5) is 4.79 Å². The van der Waals surface area contributed by atoms with Crippen molar-refractivity contribution < 1.29 is 9.59 Å². The molecule has 0 aliphatic rings. The summed E-state index contributed by atoms with van der Waals surface area (Å²) < 4.78 is 0. The van der Waals surface area contributed by atoms with E-state index < -0.39 is 6.03 Å². The van der Waals surface area contributed by atoms with Crippen molar-refractivity contribution in [3.8, 4) is 0 Å². The summed E-state index contributed by atoms with van der Waals surface area (Å²) >= 11 is 0. The molecule has 1 rings (SSSR count). The number of hydrogen-bond acceptors (Lipinski definition) is 3. The van der Waals surface area contributed by atoms with Gasteiger partial charge in [0.1, 0.15) is 0 Å². The number of nitrogens with one attached hydrogen (secondary N) is 3. The molecule has 5 heteroatoms. The molecule has 1 atom stereocenters. The monoisotopic (exact) mass is 235 g/mol. The third-order valence-corrected chi connectivity index (χ3v) is 2.35. The molecule has 0 aliphatic carbocycles. The molecule has 1 aromatic carbocycles. The SMILES string of the molecule is CNC(=O)NC(=O)CN[C@H](C)c1ccccc1. The van der Waals surface area contributed by atoms with E-state index in [0.717, 1.165) is 5.56 Å². The molecule has 92 valence electrons. The molecule has 1 aromatic rings. The van der Waals surface area contributed by atoms with Crippen molar-refractivity contribution in [1.82, 2.24) is 16.0 Å². The third kappa shape index (κ3) is 4.65. The lowest BCUT2D eigenvalue weighted by Crippen LogP contribution is -2.42. The first-order valence-electron chi connectivity index (χ1n) is 5.43. The molecule has 0 heterocycles. The van der Waals surface area contributed by atoms with E-state index in [2.05, 4.69) is 16.0 Å². The summed E-state index contributed by atoms with van der Waals surface area (Å²) in [7, 11) is 1.46. The fraction of sp³-hybridized carbons (Fsp3) is 0.333. The van der Waals surface area contributed by atoms with Gasteiger partial charge >= 0.3 is 6.03 Å². The molecule has 5 nitrogen and oxygen atoms in total. The molecule has 0 aromatic heterocycles. The van der Waals surface area contributed by atoms with Crippen molar-refractivity contribution in [3.63, 3.8) is 0 Å². The molecule has 0 fully saturated rings. The highest BCUT2D eigenvalue weighted by Crippen LogP contribution is 2.10. The van der Waals surface area contributed by atoms with Crippen molar-refractivity contribution in [1.29, 1.82) is 0 Å². The van der Waals surface area contributed by atoms with Crippen LogP contribution in [0.25, 0.3) is 0 Å². The van der Waals surface area contributed by atoms with Gasteiger partial charge in [-0.15, -0.1) is 0 Å². The Kier molecular flexibility index (Phi) is 5.16. The van der Waals surface area contributed by atoms with Crippen LogP contribution in [0.3, 0.4) is 0 Å². The Labute approximate surface area is 101 Å². The zero-order valence-corrected chi connectivity index (χ0v) is 9.99. The topological polar surface area (TPSA) is 70.2 Å². The highest BCUT2D eigenvalue weighted by atomic mass is 16.2. The Balaban J connectivity index is 2.36. The number of rotatable bonds is 4. The Morgan fingerprint density at radius 2 is 1.88 bits per heavy atom. The summed E-state index contributed by atoms with van der Waals surface area (Å²) in [6.07, 6.45) is 0. The van der Waals surface area contributed by atoms with Crippen LogP contribution >= 0.6 is 0 Å². The van der Waals surface area contributed by atoms with Gasteiger partial charge in [0.2, 0.25) is 5.91 Å². The lowest BCUT2D eigenvalue weighted by Gasteiger charge is -2.13. The van der Waals surface area contributed by atoms with Crippen molar-refractivity contribution >= 4 is 11.9 Å². The minimum Gasteiger partial charge on any atom is -0.341 e. The number of hydrogen-bond donors (Lipinski definition) is 3. The first-order chi connectivity index (χ1) is 8.13. The average molecular weight is 235 g/mol. The van der Waals surface area contributed by atoms with Gasteiger partial charge in [-0.3, -0.25) is 10.1 Å². The summed E-state index contributed by atoms with van der Waals surface area (Å²) in [5, 5.41) is 7.54. The van der Waals surface area contributed by atoms with E-state index >= 15 is 0 Å². The number of imide groups is 1. The normalized spacial score (nSPS) is 11.6. The summed E-state index contributed by atoms with van der Waals surface area (Å²) in [6.45, 7) is 2.06. The van der Waals surface area contributed by atoms with E-state index in [9.17, 15) is 9.59 Å². The Hall–Kier alpha value is -1.88. The van der Waals surface area contributed by atoms with Crippen molar-refractivity contribution in [2.45, 2.75) is 13.0 Å². The zero-order chi connectivity index (χ0) is 12.7. The molecule has 0 bridgehead atoms. The number of amides is 3. The van der Waals surface area contributed by atoms with Gasteiger partial charge in [-0.25, -0.2) is 4.79 Å². The van der Waals surface area contributed by atoms with Crippen LogP contribution < -0.4 is 16.0 Å². The maximum absolute atomic E-state index is 11.3. The molecule has 0 saturated heterocycles. The first kappa shape index (κ1) is 13.2. The molecular formula is C12H17N3O2. The molecule has 3 amide bonds. The Morgan fingerprint density at radius 1 is 1.24 bits per heavy atom. The minimum atomic E-state index is -0.496. The summed E-state index contributed by atoms with van der Waals surface area (Å²) in [4.78, 5) is 22.2. The minimum absolute atomic E-state index is 0.0617. The van der Waals surface area contributed by atoms with Gasteiger partial charge in [0, 0.05) is 13.1 Å². The van der Waals surface area contributed by atoms with E-state index in [0.29, 0.717) is 0 Å². The van der Waals surface area contributed by atoms with Gasteiger partial charge in [0.25, 0.3) is 0 Å². The van der Waals surface area contributed by atoms with Crippen LogP contribution in [0, 0.1) is 0 Å². The highest BCUT2D eigenvalue weighted by molar-refractivity contribution is 5.95. The lowest BCUT2D eigenvalue weighted by molar-refractivity contribution is -0.119. The predicted molar refractivity (Wildman–Crippen MR) is 65.5 cm³/mol. The highest BCUT2D eigenvalue weighted by Gasteiger charge is 2.08. The molecule has 0 spiro atoms. The zero-order valence-electron chi connectivity index (χ0n) is 9.99. The van der Waals surface area contributed by atoms with Crippen LogP contribution in [0.1, 0.15) is 18.5 Å². The van der Waals surface area contributed by atoms with Gasteiger partial charge in [0.15, 0.2) is 0 Å². The first-order valence-corrected chi connectivity index (χ1v) is 5.43. The second-order valence-electron chi connectivity index (χ2n) is 3.64. The number of carbonyl (C=O) groups is 2. The maximum atomic E-state index is 11.3. The molecule has 17 heavy (non-hydrogen) atoms. The largest absolute Gasteiger partial charge is 0.341 e. The molecule has 0 radical (unpaired) electrons. The molecule has 3 N–H and O–H groups in total. The van der Waals surface area contributed by atoms with Gasteiger partial charge in [0.05, 0.1) is 6.54 Å². The second kappa shape index (κ2) is 6.65. The molecule has 0 saturated carbocycles. The fourth-order valence-corrected chi connectivity index (χ4v) is 1.34. The van der Waals surface area contributed by atoms with E-state index in [-0.39, 0.29) is 18.5 Å². The standard InChI is InChI=1S/C12H17N3O2/c1-9(10-6-4-3-5-7-10)14-8-11(16)15-12(17)13-2/h3-7,9,14H,8H2,1-2H3,(H2,13,15,16,17)/t9-/m1/s1. The van der Waals surface area contributed by atoms with Gasteiger partial charge in [-0.05, 0) is 12.5 Å². The van der Waals surface area contributed by atoms with Crippen LogP contribution in [-0.2, 0) is 4.79 Å². The van der Waals surface area contributed by atoms with E-state index in [4.69, 9.17) is 0 Å². The second-order valence-corrected chi connectivity index (χ2v) is 3.64. The Morgan fingerprint density at radius 3 is 2.47 bits per heavy atom. The van der Waals surface area contributed by atoms with Gasteiger partial charge in [-0.1, -0.05) is 30.3 Å². The maximum Gasteiger partial charge on any atom is 0.321 e. The van der Waals surface area contributed by atoms with Crippen molar-refractivity contribution in [3.05, 3.63) is 35.9 Å². The summed E-state index contributed by atoms with van der Waals surface area (Å²) in [5.74, 6) is -0.355. The number of carbonyl (C=O) groups excluding carboxylic acids is 2. The van der Waals surface area contributed by atoms with E-state index in [1.807, 2.05) is 37.3 Å². The van der Waals surface area contributed by atoms with Crippen molar-refractivity contribution in [2.75, 3.05) is 13.6 Å². The molecule has 0 unspecified atom stereocenters. The van der Waals surface area contributed by atoms with E-state index in [1.165, 1.54) is 7.05 Å². The van der Waals surface area contributed by atoms with Gasteiger partial charge < -0.3 is 10.6 Å². The lowest BCUT2D eigenvalue weighted by atomic mass is 10.1. The van der Waals surface area contributed by atoms with Crippen LogP contribution in [0.15, 0.2) is 30.3 Å². The van der Waals surface area contributed by atoms with Crippen LogP contribution in [-0.4, -0.2) is 25.5 Å². The third-order valence-electron chi connectivity index (χ3n) is 2.35. The smallest absolute Gasteiger partial charge is 0.321 e. The molecule has 0 aliphatic heterocycles.